The van der Waals surface area contributed by atoms with Crippen molar-refractivity contribution in [3.05, 3.63) is 95.1 Å². The Morgan fingerprint density at radius 3 is 2.43 bits per heavy atom. The van der Waals surface area contributed by atoms with E-state index in [1.165, 1.54) is 12.5 Å². The molecule has 5 nitrogen and oxygen atoms in total. The summed E-state index contributed by atoms with van der Waals surface area (Å²) in [6, 6.07) is 22.7. The number of hydrogen-bond donors (Lipinski definition) is 2. The maximum absolute atomic E-state index is 13.0. The number of ether oxygens (including phenoxy) is 1. The van der Waals surface area contributed by atoms with Gasteiger partial charge < -0.3 is 15.4 Å². The van der Waals surface area contributed by atoms with Gasteiger partial charge in [0, 0.05) is 18.2 Å². The van der Waals surface area contributed by atoms with Crippen molar-refractivity contribution in [1.29, 1.82) is 0 Å². The SMILES string of the molecule is CC(=O)Nc1ccc(C(=O)NC(c2ccccc2)c2ccc3c(c2)CCCO3)cc1. The number of amides is 2. The van der Waals surface area contributed by atoms with E-state index >= 15 is 0 Å². The summed E-state index contributed by atoms with van der Waals surface area (Å²) in [5, 5.41) is 5.88. The zero-order valence-electron chi connectivity index (χ0n) is 16.9. The third-order valence-corrected chi connectivity index (χ3v) is 5.14. The molecule has 1 atom stereocenters. The van der Waals surface area contributed by atoms with Gasteiger partial charge in [0.1, 0.15) is 5.75 Å². The molecule has 1 aliphatic heterocycles. The van der Waals surface area contributed by atoms with E-state index in [1.54, 1.807) is 24.3 Å². The lowest BCUT2D eigenvalue weighted by molar-refractivity contribution is -0.114. The maximum Gasteiger partial charge on any atom is 0.252 e. The van der Waals surface area contributed by atoms with E-state index in [1.807, 2.05) is 42.5 Å². The molecular formula is C25H24N2O3. The summed E-state index contributed by atoms with van der Waals surface area (Å²) in [5.74, 6) is 0.608. The number of hydrogen-bond acceptors (Lipinski definition) is 3. The van der Waals surface area contributed by atoms with E-state index < -0.39 is 0 Å². The molecule has 4 rings (SSSR count). The number of carbonyl (C=O) groups is 2. The second kappa shape index (κ2) is 8.82. The number of fused-ring (bicyclic) bond motifs is 1. The van der Waals surface area contributed by atoms with Crippen LogP contribution in [0.2, 0.25) is 0 Å². The predicted octanol–water partition coefficient (Wildman–Crippen LogP) is 4.49. The lowest BCUT2D eigenvalue weighted by Gasteiger charge is -2.23. The summed E-state index contributed by atoms with van der Waals surface area (Å²) >= 11 is 0. The first-order valence-electron chi connectivity index (χ1n) is 10.1. The van der Waals surface area contributed by atoms with Crippen LogP contribution in [-0.4, -0.2) is 18.4 Å². The third-order valence-electron chi connectivity index (χ3n) is 5.14. The van der Waals surface area contributed by atoms with Gasteiger partial charge in [-0.1, -0.05) is 36.4 Å². The molecule has 0 aromatic heterocycles. The molecule has 152 valence electrons. The molecule has 0 fully saturated rings. The molecular weight excluding hydrogens is 376 g/mol. The molecule has 0 radical (unpaired) electrons. The minimum Gasteiger partial charge on any atom is -0.493 e. The molecule has 5 heteroatoms. The average Bonchev–Trinajstić information content (AvgIpc) is 2.77. The highest BCUT2D eigenvalue weighted by Gasteiger charge is 2.20. The van der Waals surface area contributed by atoms with E-state index in [2.05, 4.69) is 16.7 Å². The lowest BCUT2D eigenvalue weighted by Crippen LogP contribution is -2.29. The van der Waals surface area contributed by atoms with E-state index in [-0.39, 0.29) is 17.9 Å². The summed E-state index contributed by atoms with van der Waals surface area (Å²) in [6.45, 7) is 2.20. The molecule has 0 saturated carbocycles. The molecule has 2 N–H and O–H groups in total. The van der Waals surface area contributed by atoms with E-state index in [4.69, 9.17) is 4.74 Å². The van der Waals surface area contributed by atoms with Gasteiger partial charge in [0.05, 0.1) is 12.6 Å². The number of benzene rings is 3. The number of nitrogens with one attached hydrogen (secondary N) is 2. The molecule has 0 bridgehead atoms. The van der Waals surface area contributed by atoms with Crippen LogP contribution < -0.4 is 15.4 Å². The fraction of sp³-hybridized carbons (Fsp3) is 0.200. The van der Waals surface area contributed by atoms with Crippen molar-refractivity contribution in [3.8, 4) is 5.75 Å². The van der Waals surface area contributed by atoms with Gasteiger partial charge in [-0.3, -0.25) is 9.59 Å². The van der Waals surface area contributed by atoms with Gasteiger partial charge in [0.15, 0.2) is 0 Å². The minimum atomic E-state index is -0.277. The van der Waals surface area contributed by atoms with Crippen molar-refractivity contribution in [1.82, 2.24) is 5.32 Å². The van der Waals surface area contributed by atoms with Crippen molar-refractivity contribution >= 4 is 17.5 Å². The zero-order chi connectivity index (χ0) is 20.9. The molecule has 2 amide bonds. The topological polar surface area (TPSA) is 67.4 Å². The average molecular weight is 400 g/mol. The maximum atomic E-state index is 13.0. The summed E-state index contributed by atoms with van der Waals surface area (Å²) in [6.07, 6.45) is 1.97. The Morgan fingerprint density at radius 1 is 0.933 bits per heavy atom. The van der Waals surface area contributed by atoms with Crippen LogP contribution in [0.1, 0.15) is 46.4 Å². The molecule has 0 aliphatic carbocycles. The fourth-order valence-corrected chi connectivity index (χ4v) is 3.69. The third kappa shape index (κ3) is 4.51. The second-order valence-electron chi connectivity index (χ2n) is 7.39. The highest BCUT2D eigenvalue weighted by molar-refractivity contribution is 5.96. The van der Waals surface area contributed by atoms with Gasteiger partial charge in [-0.25, -0.2) is 0 Å². The van der Waals surface area contributed by atoms with Crippen LogP contribution in [0, 0.1) is 0 Å². The highest BCUT2D eigenvalue weighted by Crippen LogP contribution is 2.30. The van der Waals surface area contributed by atoms with E-state index in [0.717, 1.165) is 36.3 Å². The van der Waals surface area contributed by atoms with E-state index in [9.17, 15) is 9.59 Å². The van der Waals surface area contributed by atoms with Crippen molar-refractivity contribution in [2.24, 2.45) is 0 Å². The first kappa shape index (κ1) is 19.7. The fourth-order valence-electron chi connectivity index (χ4n) is 3.69. The van der Waals surface area contributed by atoms with Crippen LogP contribution in [0.15, 0.2) is 72.8 Å². The molecule has 1 unspecified atom stereocenters. The smallest absolute Gasteiger partial charge is 0.252 e. The molecule has 3 aromatic carbocycles. The molecule has 0 saturated heterocycles. The minimum absolute atomic E-state index is 0.146. The molecule has 0 spiro atoms. The molecule has 1 heterocycles. The Hall–Kier alpha value is -3.60. The molecule has 3 aromatic rings. The summed E-state index contributed by atoms with van der Waals surface area (Å²) in [4.78, 5) is 24.2. The van der Waals surface area contributed by atoms with E-state index in [0.29, 0.717) is 11.3 Å². The normalized spacial score (nSPS) is 13.5. The molecule has 30 heavy (non-hydrogen) atoms. The Kier molecular flexibility index (Phi) is 5.80. The lowest BCUT2D eigenvalue weighted by atomic mass is 9.94. The number of carbonyl (C=O) groups excluding carboxylic acids is 2. The van der Waals surface area contributed by atoms with Gasteiger partial charge in [-0.15, -0.1) is 0 Å². The number of anilines is 1. The van der Waals surface area contributed by atoms with Crippen LogP contribution in [-0.2, 0) is 11.2 Å². The Balaban J connectivity index is 1.61. The monoisotopic (exact) mass is 400 g/mol. The van der Waals surface area contributed by atoms with Crippen molar-refractivity contribution in [2.75, 3.05) is 11.9 Å². The zero-order valence-corrected chi connectivity index (χ0v) is 16.9. The van der Waals surface area contributed by atoms with Gasteiger partial charge in [-0.2, -0.15) is 0 Å². The van der Waals surface area contributed by atoms with Gasteiger partial charge in [0.25, 0.3) is 5.91 Å². The van der Waals surface area contributed by atoms with Crippen LogP contribution >= 0.6 is 0 Å². The Labute approximate surface area is 176 Å². The predicted molar refractivity (Wildman–Crippen MR) is 117 cm³/mol. The van der Waals surface area contributed by atoms with Gasteiger partial charge in [-0.05, 0) is 65.9 Å². The Morgan fingerprint density at radius 2 is 1.70 bits per heavy atom. The van der Waals surface area contributed by atoms with Crippen LogP contribution in [0.4, 0.5) is 5.69 Å². The van der Waals surface area contributed by atoms with Gasteiger partial charge in [0.2, 0.25) is 5.91 Å². The summed E-state index contributed by atoms with van der Waals surface area (Å²) in [5.41, 5.74) is 4.40. The first-order chi connectivity index (χ1) is 14.6. The van der Waals surface area contributed by atoms with Gasteiger partial charge >= 0.3 is 0 Å². The standard InChI is InChI=1S/C25H24N2O3/c1-17(28)26-22-12-9-19(10-13-22)25(29)27-24(18-6-3-2-4-7-18)21-11-14-23-20(16-21)8-5-15-30-23/h2-4,6-7,9-14,16,24H,5,8,15H2,1H3,(H,26,28)(H,27,29). The van der Waals surface area contributed by atoms with Crippen molar-refractivity contribution < 1.29 is 14.3 Å². The van der Waals surface area contributed by atoms with Crippen LogP contribution in [0.5, 0.6) is 5.75 Å². The first-order valence-corrected chi connectivity index (χ1v) is 10.1. The number of rotatable bonds is 5. The van der Waals surface area contributed by atoms with Crippen LogP contribution in [0.3, 0.4) is 0 Å². The summed E-state index contributed by atoms with van der Waals surface area (Å²) < 4.78 is 5.74. The molecule has 1 aliphatic rings. The highest BCUT2D eigenvalue weighted by atomic mass is 16.5. The van der Waals surface area contributed by atoms with Crippen LogP contribution in [0.25, 0.3) is 0 Å². The van der Waals surface area contributed by atoms with Crippen molar-refractivity contribution in [3.63, 3.8) is 0 Å². The number of aryl methyl sites for hydroxylation is 1. The largest absolute Gasteiger partial charge is 0.493 e. The van der Waals surface area contributed by atoms with Crippen molar-refractivity contribution in [2.45, 2.75) is 25.8 Å². The quantitative estimate of drug-likeness (QED) is 0.663. The summed E-state index contributed by atoms with van der Waals surface area (Å²) in [7, 11) is 0. The Bertz CT molecular complexity index is 1050. The second-order valence-corrected chi connectivity index (χ2v) is 7.39.